The largest absolute Gasteiger partial charge is 0.324 e. The minimum Gasteiger partial charge on any atom is -0.324 e. The molecule has 0 radical (unpaired) electrons. The molecule has 0 saturated carbocycles. The van der Waals surface area contributed by atoms with Crippen LogP contribution < -0.4 is 5.73 Å². The van der Waals surface area contributed by atoms with Gasteiger partial charge in [-0.2, -0.15) is 0 Å². The highest BCUT2D eigenvalue weighted by atomic mass is 32.2. The highest BCUT2D eigenvalue weighted by Gasteiger charge is 2.34. The van der Waals surface area contributed by atoms with E-state index < -0.39 is 10.0 Å². The van der Waals surface area contributed by atoms with Crippen molar-refractivity contribution in [1.82, 2.24) is 4.31 Å². The molecule has 0 aliphatic carbocycles. The van der Waals surface area contributed by atoms with Gasteiger partial charge < -0.3 is 5.73 Å². The molecule has 4 nitrogen and oxygen atoms in total. The van der Waals surface area contributed by atoms with Crippen molar-refractivity contribution in [2.75, 3.05) is 18.8 Å². The van der Waals surface area contributed by atoms with Crippen molar-refractivity contribution in [3.63, 3.8) is 0 Å². The van der Waals surface area contributed by atoms with Gasteiger partial charge in [0.2, 0.25) is 10.0 Å². The number of piperidine rings is 1. The molecule has 1 aliphatic heterocycles. The third-order valence-corrected chi connectivity index (χ3v) is 5.16. The van der Waals surface area contributed by atoms with Crippen LogP contribution in [-0.4, -0.2) is 37.1 Å². The minimum absolute atomic E-state index is 0.243. The summed E-state index contributed by atoms with van der Waals surface area (Å²) in [5, 5.41) is 0. The summed E-state index contributed by atoms with van der Waals surface area (Å²) in [6.07, 6.45) is 3.32. The lowest BCUT2D eigenvalue weighted by Crippen LogP contribution is -2.55. The smallest absolute Gasteiger partial charge is 0.214 e. The fourth-order valence-corrected chi connectivity index (χ4v) is 3.67. The standard InChI is InChI=1S/C10H22N2O2S/c1-3-8-15(13,14)12-7-5-6-10(11,4-2)9-12/h3-9,11H2,1-2H3. The highest BCUT2D eigenvalue weighted by Crippen LogP contribution is 2.24. The van der Waals surface area contributed by atoms with Gasteiger partial charge in [-0.05, 0) is 25.7 Å². The molecule has 90 valence electrons. The van der Waals surface area contributed by atoms with E-state index >= 15 is 0 Å². The van der Waals surface area contributed by atoms with E-state index in [0.717, 1.165) is 19.3 Å². The van der Waals surface area contributed by atoms with Gasteiger partial charge in [0.1, 0.15) is 0 Å². The summed E-state index contributed by atoms with van der Waals surface area (Å²) >= 11 is 0. The second-order valence-electron chi connectivity index (χ2n) is 4.47. The van der Waals surface area contributed by atoms with Gasteiger partial charge in [0.05, 0.1) is 5.75 Å². The number of nitrogens with two attached hydrogens (primary N) is 1. The van der Waals surface area contributed by atoms with E-state index in [9.17, 15) is 8.42 Å². The maximum absolute atomic E-state index is 11.9. The topological polar surface area (TPSA) is 63.4 Å². The molecular formula is C10H22N2O2S. The second kappa shape index (κ2) is 4.80. The van der Waals surface area contributed by atoms with Crippen LogP contribution >= 0.6 is 0 Å². The first-order valence-electron chi connectivity index (χ1n) is 5.70. The first-order valence-corrected chi connectivity index (χ1v) is 7.31. The molecule has 1 unspecified atom stereocenters. The van der Waals surface area contributed by atoms with Crippen LogP contribution in [0.1, 0.15) is 39.5 Å². The number of sulfonamides is 1. The van der Waals surface area contributed by atoms with Gasteiger partial charge in [0.25, 0.3) is 0 Å². The number of hydrogen-bond acceptors (Lipinski definition) is 3. The first kappa shape index (κ1) is 12.9. The molecule has 0 aromatic carbocycles. The zero-order chi connectivity index (χ0) is 11.5. The lowest BCUT2D eigenvalue weighted by atomic mass is 9.89. The summed E-state index contributed by atoms with van der Waals surface area (Å²) in [6.45, 7) is 5.04. The van der Waals surface area contributed by atoms with Crippen LogP contribution in [0.5, 0.6) is 0 Å². The molecule has 1 aliphatic rings. The van der Waals surface area contributed by atoms with Crippen molar-refractivity contribution in [3.8, 4) is 0 Å². The number of hydrogen-bond donors (Lipinski definition) is 1. The van der Waals surface area contributed by atoms with Crippen molar-refractivity contribution < 1.29 is 8.42 Å². The van der Waals surface area contributed by atoms with E-state index in [1.165, 1.54) is 0 Å². The summed E-state index contributed by atoms with van der Waals surface area (Å²) in [5.74, 6) is 0.243. The maximum atomic E-state index is 11.9. The molecule has 0 bridgehead atoms. The Balaban J connectivity index is 2.72. The van der Waals surface area contributed by atoms with Gasteiger partial charge in [-0.3, -0.25) is 0 Å². The molecule has 1 fully saturated rings. The van der Waals surface area contributed by atoms with Crippen LogP contribution in [0.15, 0.2) is 0 Å². The van der Waals surface area contributed by atoms with Gasteiger partial charge in [-0.25, -0.2) is 12.7 Å². The zero-order valence-corrected chi connectivity index (χ0v) is 10.5. The lowest BCUT2D eigenvalue weighted by molar-refractivity contribution is 0.222. The number of rotatable bonds is 4. The fraction of sp³-hybridized carbons (Fsp3) is 1.00. The molecule has 1 heterocycles. The summed E-state index contributed by atoms with van der Waals surface area (Å²) in [7, 11) is -3.06. The lowest BCUT2D eigenvalue weighted by Gasteiger charge is -2.39. The SMILES string of the molecule is CCCS(=O)(=O)N1CCCC(N)(CC)C1. The van der Waals surface area contributed by atoms with Crippen molar-refractivity contribution in [3.05, 3.63) is 0 Å². The molecule has 0 aromatic rings. The second-order valence-corrected chi connectivity index (χ2v) is 6.56. The fourth-order valence-electron chi connectivity index (χ4n) is 2.03. The van der Waals surface area contributed by atoms with Gasteiger partial charge in [0.15, 0.2) is 0 Å². The van der Waals surface area contributed by atoms with E-state index in [0.29, 0.717) is 19.5 Å². The van der Waals surface area contributed by atoms with Gasteiger partial charge in [-0.1, -0.05) is 13.8 Å². The summed E-state index contributed by atoms with van der Waals surface area (Å²) in [5.41, 5.74) is 5.83. The third kappa shape index (κ3) is 3.16. The van der Waals surface area contributed by atoms with Gasteiger partial charge in [-0.15, -0.1) is 0 Å². The molecule has 5 heteroatoms. The molecule has 0 amide bonds. The average Bonchev–Trinajstić information content (AvgIpc) is 2.18. The third-order valence-electron chi connectivity index (χ3n) is 3.13. The van der Waals surface area contributed by atoms with Crippen LogP contribution in [0.4, 0.5) is 0 Å². The molecule has 0 spiro atoms. The van der Waals surface area contributed by atoms with E-state index in [-0.39, 0.29) is 11.3 Å². The molecule has 1 atom stereocenters. The predicted octanol–water partition coefficient (Wildman–Crippen LogP) is 0.930. The van der Waals surface area contributed by atoms with Crippen molar-refractivity contribution in [1.29, 1.82) is 0 Å². The van der Waals surface area contributed by atoms with Crippen LogP contribution in [0.3, 0.4) is 0 Å². The van der Waals surface area contributed by atoms with Crippen LogP contribution in [0.25, 0.3) is 0 Å². The van der Waals surface area contributed by atoms with Crippen LogP contribution in [0.2, 0.25) is 0 Å². The Bertz CT molecular complexity index is 303. The Morgan fingerprint density at radius 2 is 2.07 bits per heavy atom. The molecule has 0 aromatic heterocycles. The van der Waals surface area contributed by atoms with Crippen LogP contribution in [0, 0.1) is 0 Å². The van der Waals surface area contributed by atoms with E-state index in [2.05, 4.69) is 0 Å². The predicted molar refractivity (Wildman–Crippen MR) is 62.1 cm³/mol. The average molecular weight is 234 g/mol. The van der Waals surface area contributed by atoms with Gasteiger partial charge >= 0.3 is 0 Å². The Morgan fingerprint density at radius 1 is 1.40 bits per heavy atom. The normalized spacial score (nSPS) is 29.3. The van der Waals surface area contributed by atoms with Gasteiger partial charge in [0, 0.05) is 18.6 Å². The maximum Gasteiger partial charge on any atom is 0.214 e. The van der Waals surface area contributed by atoms with Crippen molar-refractivity contribution >= 4 is 10.0 Å². The summed E-state index contributed by atoms with van der Waals surface area (Å²) in [4.78, 5) is 0. The minimum atomic E-state index is -3.06. The van der Waals surface area contributed by atoms with Crippen molar-refractivity contribution in [2.24, 2.45) is 5.73 Å². The molecular weight excluding hydrogens is 212 g/mol. The Labute approximate surface area is 92.9 Å². The summed E-state index contributed by atoms with van der Waals surface area (Å²) < 4.78 is 25.3. The van der Waals surface area contributed by atoms with E-state index in [1.807, 2.05) is 13.8 Å². The van der Waals surface area contributed by atoms with Crippen LogP contribution in [-0.2, 0) is 10.0 Å². The highest BCUT2D eigenvalue weighted by molar-refractivity contribution is 7.89. The molecule has 15 heavy (non-hydrogen) atoms. The Morgan fingerprint density at radius 3 is 2.60 bits per heavy atom. The molecule has 1 rings (SSSR count). The molecule has 1 saturated heterocycles. The van der Waals surface area contributed by atoms with Crippen molar-refractivity contribution in [2.45, 2.75) is 45.1 Å². The van der Waals surface area contributed by atoms with E-state index in [4.69, 9.17) is 5.73 Å². The Hall–Kier alpha value is -0.130. The number of nitrogens with zero attached hydrogens (tertiary/aromatic N) is 1. The first-order chi connectivity index (χ1) is 6.93. The Kier molecular flexibility index (Phi) is 4.14. The monoisotopic (exact) mass is 234 g/mol. The molecule has 2 N–H and O–H groups in total. The van der Waals surface area contributed by atoms with E-state index in [1.54, 1.807) is 4.31 Å². The quantitative estimate of drug-likeness (QED) is 0.787. The zero-order valence-electron chi connectivity index (χ0n) is 9.70. The summed E-state index contributed by atoms with van der Waals surface area (Å²) in [6, 6.07) is 0.